The summed E-state index contributed by atoms with van der Waals surface area (Å²) >= 11 is 0. The van der Waals surface area contributed by atoms with E-state index in [1.807, 2.05) is 6.07 Å². The average molecular weight is 383 g/mol. The van der Waals surface area contributed by atoms with Gasteiger partial charge in [-0.3, -0.25) is 9.36 Å². The molecule has 0 saturated carbocycles. The van der Waals surface area contributed by atoms with E-state index in [0.717, 1.165) is 0 Å². The number of carbonyl (C=O) groups excluding carboxylic acids is 1. The fourth-order valence-electron chi connectivity index (χ4n) is 3.62. The molecule has 144 valence electrons. The summed E-state index contributed by atoms with van der Waals surface area (Å²) in [4.78, 5) is 28.2. The minimum Gasteiger partial charge on any atom is -0.393 e. The molecule has 2 aliphatic heterocycles. The third-order valence-corrected chi connectivity index (χ3v) is 5.15. The maximum atomic E-state index is 12.7. The van der Waals surface area contributed by atoms with Crippen LogP contribution in [0, 0.1) is 0 Å². The van der Waals surface area contributed by atoms with Crippen LogP contribution in [0.3, 0.4) is 0 Å². The number of aliphatic hydroxyl groups is 2. The molecular formula is C18H17N5O5. The summed E-state index contributed by atoms with van der Waals surface area (Å²) in [6.45, 7) is -0.113. The zero-order valence-electron chi connectivity index (χ0n) is 14.6. The van der Waals surface area contributed by atoms with Gasteiger partial charge in [-0.25, -0.2) is 9.97 Å². The lowest BCUT2D eigenvalue weighted by Gasteiger charge is -2.41. The highest BCUT2D eigenvalue weighted by molar-refractivity contribution is 5.95. The summed E-state index contributed by atoms with van der Waals surface area (Å²) < 4.78 is 12.8. The maximum Gasteiger partial charge on any atom is 0.279 e. The predicted octanol–water partition coefficient (Wildman–Crippen LogP) is -0.480. The van der Waals surface area contributed by atoms with Gasteiger partial charge in [0.2, 0.25) is 0 Å². The van der Waals surface area contributed by atoms with Crippen molar-refractivity contribution in [3.8, 4) is 0 Å². The van der Waals surface area contributed by atoms with Gasteiger partial charge in [-0.2, -0.15) is 4.99 Å². The number of hydrogen-bond donors (Lipinski definition) is 3. The lowest BCUT2D eigenvalue weighted by Crippen LogP contribution is -2.61. The van der Waals surface area contributed by atoms with Crippen molar-refractivity contribution < 1.29 is 24.5 Å². The van der Waals surface area contributed by atoms with Crippen molar-refractivity contribution in [3.63, 3.8) is 0 Å². The van der Waals surface area contributed by atoms with Gasteiger partial charge < -0.3 is 24.7 Å². The van der Waals surface area contributed by atoms with Gasteiger partial charge in [-0.15, -0.1) is 0 Å². The van der Waals surface area contributed by atoms with Crippen molar-refractivity contribution in [2.45, 2.75) is 24.0 Å². The molecule has 28 heavy (non-hydrogen) atoms. The highest BCUT2D eigenvalue weighted by Crippen LogP contribution is 2.44. The third-order valence-electron chi connectivity index (χ3n) is 5.15. The number of H-pyrrole nitrogens is 1. The van der Waals surface area contributed by atoms with Gasteiger partial charge in [0.1, 0.15) is 29.7 Å². The lowest BCUT2D eigenvalue weighted by molar-refractivity contribution is -0.246. The number of benzene rings is 1. The largest absolute Gasteiger partial charge is 0.393 e. The van der Waals surface area contributed by atoms with Crippen molar-refractivity contribution in [2.75, 3.05) is 13.2 Å². The molecule has 3 aromatic rings. The Morgan fingerprint density at radius 2 is 2.18 bits per heavy atom. The normalized spacial score (nSPS) is 29.6. The Bertz CT molecular complexity index is 1110. The molecule has 10 heteroatoms. The Morgan fingerprint density at radius 1 is 1.36 bits per heavy atom. The number of imidazole rings is 1. The Kier molecular flexibility index (Phi) is 3.88. The molecule has 2 saturated heterocycles. The number of carbonyl (C=O) groups is 1. The molecule has 5 rings (SSSR count). The zero-order chi connectivity index (χ0) is 19.3. The van der Waals surface area contributed by atoms with Crippen LogP contribution < -0.4 is 5.49 Å². The summed E-state index contributed by atoms with van der Waals surface area (Å²) in [6, 6.07) is 8.63. The van der Waals surface area contributed by atoms with Gasteiger partial charge in [0.05, 0.1) is 19.5 Å². The molecule has 0 radical (unpaired) electrons. The van der Waals surface area contributed by atoms with E-state index in [0.29, 0.717) is 16.7 Å². The SMILES string of the molecule is O=C(N=c1c2[nH]cnc2ncn1[C@@H]1O[C@@]2(CO)CO[C@H]2[C@H]1O)c1ccccc1. The number of amides is 1. The molecule has 2 aliphatic rings. The Hall–Kier alpha value is -2.92. The molecule has 0 spiro atoms. The van der Waals surface area contributed by atoms with E-state index in [9.17, 15) is 15.0 Å². The molecule has 2 fully saturated rings. The van der Waals surface area contributed by atoms with Crippen molar-refractivity contribution in [1.82, 2.24) is 19.5 Å². The summed E-state index contributed by atoms with van der Waals surface area (Å²) in [5, 5.41) is 20.4. The molecule has 4 atom stereocenters. The first kappa shape index (κ1) is 17.2. The maximum absolute atomic E-state index is 12.7. The smallest absolute Gasteiger partial charge is 0.279 e. The number of nitrogens with one attached hydrogen (secondary N) is 1. The van der Waals surface area contributed by atoms with Crippen LogP contribution in [-0.4, -0.2) is 66.7 Å². The van der Waals surface area contributed by atoms with Crippen molar-refractivity contribution in [3.05, 3.63) is 54.0 Å². The Labute approximate surface area is 158 Å². The van der Waals surface area contributed by atoms with Crippen LogP contribution in [0.5, 0.6) is 0 Å². The molecule has 0 aliphatic carbocycles. The van der Waals surface area contributed by atoms with E-state index in [-0.39, 0.29) is 18.7 Å². The van der Waals surface area contributed by atoms with E-state index < -0.39 is 29.9 Å². The molecule has 10 nitrogen and oxygen atoms in total. The van der Waals surface area contributed by atoms with Crippen LogP contribution in [0.2, 0.25) is 0 Å². The van der Waals surface area contributed by atoms with E-state index in [1.165, 1.54) is 17.2 Å². The summed E-state index contributed by atoms with van der Waals surface area (Å²) in [5.74, 6) is -0.458. The van der Waals surface area contributed by atoms with Gasteiger partial charge in [0, 0.05) is 5.56 Å². The number of aromatic amines is 1. The van der Waals surface area contributed by atoms with Crippen molar-refractivity contribution in [1.29, 1.82) is 0 Å². The van der Waals surface area contributed by atoms with Crippen LogP contribution in [-0.2, 0) is 9.47 Å². The van der Waals surface area contributed by atoms with E-state index in [4.69, 9.17) is 9.47 Å². The number of ether oxygens (including phenoxy) is 2. The second-order valence-corrected chi connectivity index (χ2v) is 6.81. The number of nitrogens with zero attached hydrogens (tertiary/aromatic N) is 4. The standard InChI is InChI=1S/C18H17N5O5/c24-6-18-7-27-13(18)12(25)17(28-18)23-9-21-14-11(19-8-20-14)15(23)22-16(26)10-4-2-1-3-5-10/h1-5,8-9,12-13,17,24-25H,6-7H2,(H,19,20)/t12-,13+,17-,18+/m1/s1. The van der Waals surface area contributed by atoms with Gasteiger partial charge in [0.25, 0.3) is 5.91 Å². The van der Waals surface area contributed by atoms with E-state index in [1.54, 1.807) is 24.3 Å². The average Bonchev–Trinajstić information content (AvgIpc) is 3.25. The molecule has 4 heterocycles. The molecule has 1 aromatic carbocycles. The Morgan fingerprint density at radius 3 is 2.86 bits per heavy atom. The van der Waals surface area contributed by atoms with Gasteiger partial charge in [0.15, 0.2) is 17.4 Å². The topological polar surface area (TPSA) is 135 Å². The highest BCUT2D eigenvalue weighted by atomic mass is 16.7. The number of rotatable bonds is 3. The number of fused-ring (bicyclic) bond motifs is 2. The third kappa shape index (κ3) is 2.43. The molecule has 2 aromatic heterocycles. The quantitative estimate of drug-likeness (QED) is 0.556. The predicted molar refractivity (Wildman–Crippen MR) is 93.9 cm³/mol. The molecule has 0 bridgehead atoms. The summed E-state index contributed by atoms with van der Waals surface area (Å²) in [5.41, 5.74) is 0.470. The van der Waals surface area contributed by atoms with Crippen LogP contribution in [0.4, 0.5) is 0 Å². The molecule has 1 amide bonds. The fourth-order valence-corrected chi connectivity index (χ4v) is 3.62. The second kappa shape index (κ2) is 6.31. The zero-order valence-corrected chi connectivity index (χ0v) is 14.6. The van der Waals surface area contributed by atoms with Crippen molar-refractivity contribution in [2.24, 2.45) is 4.99 Å². The number of aromatic nitrogens is 4. The Balaban J connectivity index is 1.65. The summed E-state index contributed by atoms with van der Waals surface area (Å²) in [7, 11) is 0. The van der Waals surface area contributed by atoms with E-state index in [2.05, 4.69) is 19.9 Å². The van der Waals surface area contributed by atoms with Crippen LogP contribution in [0.1, 0.15) is 16.6 Å². The lowest BCUT2D eigenvalue weighted by atomic mass is 9.91. The first-order valence-corrected chi connectivity index (χ1v) is 8.76. The number of hydrogen-bond acceptors (Lipinski definition) is 7. The summed E-state index contributed by atoms with van der Waals surface area (Å²) in [6.07, 6.45) is 0.201. The van der Waals surface area contributed by atoms with Gasteiger partial charge in [-0.05, 0) is 12.1 Å². The minimum absolute atomic E-state index is 0.178. The number of aliphatic hydroxyl groups excluding tert-OH is 2. The van der Waals surface area contributed by atoms with Gasteiger partial charge >= 0.3 is 0 Å². The molecule has 0 unspecified atom stereocenters. The second-order valence-electron chi connectivity index (χ2n) is 6.81. The highest BCUT2D eigenvalue weighted by Gasteiger charge is 2.62. The van der Waals surface area contributed by atoms with Gasteiger partial charge in [-0.1, -0.05) is 18.2 Å². The molecular weight excluding hydrogens is 366 g/mol. The van der Waals surface area contributed by atoms with Crippen LogP contribution in [0.25, 0.3) is 11.2 Å². The van der Waals surface area contributed by atoms with Crippen LogP contribution >= 0.6 is 0 Å². The monoisotopic (exact) mass is 383 g/mol. The molecule has 3 N–H and O–H groups in total. The minimum atomic E-state index is -1.06. The van der Waals surface area contributed by atoms with Crippen molar-refractivity contribution >= 4 is 17.1 Å². The first-order valence-electron chi connectivity index (χ1n) is 8.76. The van der Waals surface area contributed by atoms with Crippen LogP contribution in [0.15, 0.2) is 48.0 Å². The first-order chi connectivity index (χ1) is 13.6. The van der Waals surface area contributed by atoms with E-state index >= 15 is 0 Å². The fraction of sp³-hybridized carbons (Fsp3) is 0.333.